The fourth-order valence-electron chi connectivity index (χ4n) is 0.476. The third-order valence-electron chi connectivity index (χ3n) is 1.37. The molecule has 0 heterocycles. The van der Waals surface area contributed by atoms with Crippen molar-refractivity contribution in [1.29, 1.82) is 0 Å². The van der Waals surface area contributed by atoms with Crippen LogP contribution in [0.1, 0.15) is 13.8 Å². The van der Waals surface area contributed by atoms with E-state index in [1.807, 2.05) is 0 Å². The van der Waals surface area contributed by atoms with Crippen LogP contribution >= 0.6 is 9.39 Å². The molecular formula is C6H13N2O3P. The van der Waals surface area contributed by atoms with Crippen molar-refractivity contribution >= 4 is 21.3 Å². The molecule has 0 aromatic carbocycles. The summed E-state index contributed by atoms with van der Waals surface area (Å²) < 4.78 is 0. The summed E-state index contributed by atoms with van der Waals surface area (Å²) in [6, 6.07) is -1.25. The van der Waals surface area contributed by atoms with Gasteiger partial charge in [0.15, 0.2) is 0 Å². The van der Waals surface area contributed by atoms with Crippen LogP contribution in [-0.2, 0) is 9.59 Å². The van der Waals surface area contributed by atoms with Crippen molar-refractivity contribution in [3.63, 3.8) is 0 Å². The molecule has 3 atom stereocenters. The topological polar surface area (TPSA) is 78.4 Å². The normalized spacial score (nSPS) is 14.9. The second-order valence-electron chi connectivity index (χ2n) is 2.46. The Bertz CT molecular complexity index is 186. The Kier molecular flexibility index (Phi) is 4.78. The molecule has 0 rings (SSSR count). The number of carboxylic acids is 1. The van der Waals surface area contributed by atoms with Gasteiger partial charge in [0.25, 0.3) is 0 Å². The van der Waals surface area contributed by atoms with Crippen molar-refractivity contribution in [2.45, 2.75) is 25.9 Å². The summed E-state index contributed by atoms with van der Waals surface area (Å²) in [6.07, 6.45) is 0. The first-order valence-electron chi connectivity index (χ1n) is 3.48. The number of rotatable bonds is 4. The van der Waals surface area contributed by atoms with E-state index in [9.17, 15) is 9.59 Å². The summed E-state index contributed by atoms with van der Waals surface area (Å²) >= 11 is 0. The van der Waals surface area contributed by atoms with Crippen LogP contribution in [0.15, 0.2) is 0 Å². The van der Waals surface area contributed by atoms with E-state index in [4.69, 9.17) is 5.11 Å². The van der Waals surface area contributed by atoms with E-state index in [1.54, 1.807) is 6.92 Å². The zero-order valence-electron chi connectivity index (χ0n) is 7.00. The van der Waals surface area contributed by atoms with Gasteiger partial charge < -0.3 is 10.4 Å². The van der Waals surface area contributed by atoms with E-state index < -0.39 is 18.1 Å². The maximum absolute atomic E-state index is 11.0. The highest BCUT2D eigenvalue weighted by Gasteiger charge is 2.17. The molecule has 3 unspecified atom stereocenters. The molecule has 0 aromatic rings. The summed E-state index contributed by atoms with van der Waals surface area (Å²) in [5.41, 5.74) is 0. The summed E-state index contributed by atoms with van der Waals surface area (Å²) in [5.74, 6) is -1.38. The smallest absolute Gasteiger partial charge is 0.325 e. The largest absolute Gasteiger partial charge is 0.480 e. The van der Waals surface area contributed by atoms with Crippen LogP contribution in [0.2, 0.25) is 0 Å². The number of nitrogens with one attached hydrogen (secondary N) is 2. The summed E-state index contributed by atoms with van der Waals surface area (Å²) in [5, 5.41) is 13.4. The lowest BCUT2D eigenvalue weighted by molar-refractivity contribution is -0.141. The van der Waals surface area contributed by atoms with Crippen molar-refractivity contribution in [3.05, 3.63) is 0 Å². The van der Waals surface area contributed by atoms with E-state index >= 15 is 0 Å². The van der Waals surface area contributed by atoms with Gasteiger partial charge in [0, 0.05) is 0 Å². The molecule has 0 aliphatic heterocycles. The molecule has 0 aliphatic rings. The zero-order chi connectivity index (χ0) is 9.72. The molecule has 3 N–H and O–H groups in total. The van der Waals surface area contributed by atoms with Gasteiger partial charge in [-0.25, -0.2) is 0 Å². The Morgan fingerprint density at radius 2 is 1.83 bits per heavy atom. The van der Waals surface area contributed by atoms with Crippen LogP contribution in [0, 0.1) is 0 Å². The molecule has 0 bridgehead atoms. The molecule has 12 heavy (non-hydrogen) atoms. The van der Waals surface area contributed by atoms with E-state index in [-0.39, 0.29) is 5.91 Å². The summed E-state index contributed by atoms with van der Waals surface area (Å²) in [4.78, 5) is 21.3. The highest BCUT2D eigenvalue weighted by atomic mass is 31.0. The van der Waals surface area contributed by atoms with Crippen LogP contribution in [0.5, 0.6) is 0 Å². The van der Waals surface area contributed by atoms with E-state index in [0.717, 1.165) is 0 Å². The maximum Gasteiger partial charge on any atom is 0.325 e. The number of carboxylic acid groups (broad SMARTS) is 1. The molecule has 0 aromatic heterocycles. The molecule has 5 nitrogen and oxygen atoms in total. The van der Waals surface area contributed by atoms with Crippen LogP contribution in [0.3, 0.4) is 0 Å². The van der Waals surface area contributed by atoms with Gasteiger partial charge >= 0.3 is 5.97 Å². The van der Waals surface area contributed by atoms with Gasteiger partial charge in [-0.3, -0.25) is 14.7 Å². The summed E-state index contributed by atoms with van der Waals surface area (Å²) in [7, 11) is 2.19. The fraction of sp³-hybridized carbons (Fsp3) is 0.667. The lowest BCUT2D eigenvalue weighted by Gasteiger charge is -2.13. The molecular weight excluding hydrogens is 179 g/mol. The molecule has 0 fully saturated rings. The van der Waals surface area contributed by atoms with E-state index in [1.165, 1.54) is 6.92 Å². The Morgan fingerprint density at radius 3 is 2.17 bits per heavy atom. The second kappa shape index (κ2) is 5.06. The predicted octanol–water partition coefficient (Wildman–Crippen LogP) is -0.656. The Hall–Kier alpha value is -0.670. The molecule has 0 radical (unpaired) electrons. The molecule has 1 amide bonds. The van der Waals surface area contributed by atoms with Crippen molar-refractivity contribution in [2.75, 3.05) is 0 Å². The lowest BCUT2D eigenvalue weighted by Crippen LogP contribution is -2.45. The van der Waals surface area contributed by atoms with Gasteiger partial charge in [-0.15, -0.1) is 0 Å². The Labute approximate surface area is 73.2 Å². The van der Waals surface area contributed by atoms with Crippen LogP contribution < -0.4 is 10.4 Å². The monoisotopic (exact) mass is 192 g/mol. The Balaban J connectivity index is 3.92. The average Bonchev–Trinajstić information content (AvgIpc) is 2.02. The lowest BCUT2D eigenvalue weighted by atomic mass is 10.3. The molecule has 70 valence electrons. The number of carbonyl (C=O) groups is 2. The van der Waals surface area contributed by atoms with Crippen LogP contribution in [0.4, 0.5) is 0 Å². The van der Waals surface area contributed by atoms with E-state index in [0.29, 0.717) is 0 Å². The van der Waals surface area contributed by atoms with Crippen molar-refractivity contribution < 1.29 is 14.7 Å². The SMILES string of the molecule is CC(NC(=O)C(C)NP)C(=O)O. The number of hydrogen-bond acceptors (Lipinski definition) is 3. The number of carbonyl (C=O) groups excluding carboxylic acids is 1. The van der Waals surface area contributed by atoms with Gasteiger partial charge in [0.2, 0.25) is 5.91 Å². The third kappa shape index (κ3) is 3.64. The molecule has 0 spiro atoms. The first-order chi connectivity index (χ1) is 5.49. The first kappa shape index (κ1) is 11.3. The maximum atomic E-state index is 11.0. The minimum atomic E-state index is -1.04. The molecule has 6 heteroatoms. The highest BCUT2D eigenvalue weighted by Crippen LogP contribution is 1.88. The third-order valence-corrected chi connectivity index (χ3v) is 1.87. The molecule has 0 saturated carbocycles. The minimum Gasteiger partial charge on any atom is -0.480 e. The number of amides is 1. The van der Waals surface area contributed by atoms with Crippen LogP contribution in [-0.4, -0.2) is 29.1 Å². The van der Waals surface area contributed by atoms with Gasteiger partial charge in [-0.05, 0) is 13.8 Å². The second-order valence-corrected chi connectivity index (χ2v) is 2.79. The average molecular weight is 192 g/mol. The van der Waals surface area contributed by atoms with Gasteiger partial charge in [-0.2, -0.15) is 0 Å². The van der Waals surface area contributed by atoms with Gasteiger partial charge in [0.05, 0.1) is 6.04 Å². The highest BCUT2D eigenvalue weighted by molar-refractivity contribution is 7.13. The van der Waals surface area contributed by atoms with Crippen molar-refractivity contribution in [2.24, 2.45) is 0 Å². The Morgan fingerprint density at radius 1 is 1.33 bits per heavy atom. The predicted molar refractivity (Wildman–Crippen MR) is 47.5 cm³/mol. The number of hydrogen-bond donors (Lipinski definition) is 3. The van der Waals surface area contributed by atoms with Crippen LogP contribution in [0.25, 0.3) is 0 Å². The van der Waals surface area contributed by atoms with Crippen molar-refractivity contribution in [1.82, 2.24) is 10.4 Å². The van der Waals surface area contributed by atoms with E-state index in [2.05, 4.69) is 19.8 Å². The number of aliphatic carboxylic acids is 1. The first-order valence-corrected chi connectivity index (χ1v) is 4.06. The quantitative estimate of drug-likeness (QED) is 0.517. The van der Waals surface area contributed by atoms with Gasteiger partial charge in [0.1, 0.15) is 6.04 Å². The minimum absolute atomic E-state index is 0.333. The molecule has 0 aliphatic carbocycles. The standard InChI is InChI=1S/C6H13N2O3P/c1-3(8-12)5(9)7-4(2)6(10)11/h3-4,8H,12H2,1-2H3,(H,7,9)(H,10,11). The molecule has 0 saturated heterocycles. The fourth-order valence-corrected chi connectivity index (χ4v) is 0.627. The summed E-state index contributed by atoms with van der Waals surface area (Å²) in [6.45, 7) is 3.05. The van der Waals surface area contributed by atoms with Crippen molar-refractivity contribution in [3.8, 4) is 0 Å². The zero-order valence-corrected chi connectivity index (χ0v) is 8.15. The van der Waals surface area contributed by atoms with Gasteiger partial charge in [-0.1, -0.05) is 9.39 Å².